The Morgan fingerprint density at radius 1 is 1.20 bits per heavy atom. The molecule has 8 rings (SSSR count). The predicted molar refractivity (Wildman–Crippen MR) is 164 cm³/mol. The van der Waals surface area contributed by atoms with Gasteiger partial charge in [0.15, 0.2) is 16.8 Å². The lowest BCUT2D eigenvalue weighted by atomic mass is 9.95. The van der Waals surface area contributed by atoms with E-state index in [0.29, 0.717) is 76.6 Å². The number of hydrogen-bond acceptors (Lipinski definition) is 8. The first kappa shape index (κ1) is 27.7. The normalized spacial score (nSPS) is 29.2. The van der Waals surface area contributed by atoms with E-state index in [1.165, 1.54) is 18.2 Å². The molecule has 1 aromatic heterocycles. The summed E-state index contributed by atoms with van der Waals surface area (Å²) in [5, 5.41) is 15.1. The highest BCUT2D eigenvalue weighted by atomic mass is 32.2. The van der Waals surface area contributed by atoms with Crippen molar-refractivity contribution in [2.45, 2.75) is 60.8 Å². The number of fused-ring (bicyclic) bond motifs is 5. The van der Waals surface area contributed by atoms with Gasteiger partial charge in [-0.3, -0.25) is 4.90 Å². The number of hydrogen-bond donors (Lipinski definition) is 3. The summed E-state index contributed by atoms with van der Waals surface area (Å²) in [6.07, 6.45) is 10.9. The fraction of sp³-hybridized carbons (Fsp3) is 0.438. The van der Waals surface area contributed by atoms with Gasteiger partial charge in [-0.2, -0.15) is 9.97 Å². The SMILES string of the molecule is C#Cc1c(F)ccc2cc(O)cc(C3=Cc4nc(OCC56CCCN5C[C@H](F)C6)nc(N5CC6CCC(C5)N6)c4S(=O)N3)c12. The molecule has 2 bridgehead atoms. The topological polar surface area (TPSA) is 103 Å². The van der Waals surface area contributed by atoms with Crippen molar-refractivity contribution in [3.8, 4) is 24.1 Å². The number of aromatic nitrogens is 2. The molecule has 44 heavy (non-hydrogen) atoms. The molecule has 5 atom stereocenters. The van der Waals surface area contributed by atoms with Crippen LogP contribution in [0.2, 0.25) is 0 Å². The van der Waals surface area contributed by atoms with Gasteiger partial charge < -0.3 is 24.8 Å². The Labute approximate surface area is 256 Å². The number of anilines is 1. The van der Waals surface area contributed by atoms with E-state index in [-0.39, 0.29) is 29.5 Å². The van der Waals surface area contributed by atoms with Crippen molar-refractivity contribution in [3.63, 3.8) is 0 Å². The molecular formula is C32H32F2N6O3S. The fourth-order valence-electron chi connectivity index (χ4n) is 7.83. The van der Waals surface area contributed by atoms with Gasteiger partial charge in [0.1, 0.15) is 29.2 Å². The van der Waals surface area contributed by atoms with E-state index in [2.05, 4.69) is 25.8 Å². The maximum atomic E-state index is 14.8. The van der Waals surface area contributed by atoms with E-state index in [0.717, 1.165) is 32.2 Å². The second kappa shape index (κ2) is 10.4. The van der Waals surface area contributed by atoms with Gasteiger partial charge in [-0.25, -0.2) is 13.0 Å². The van der Waals surface area contributed by atoms with Crippen LogP contribution in [0.5, 0.6) is 11.8 Å². The molecule has 3 N–H and O–H groups in total. The summed E-state index contributed by atoms with van der Waals surface area (Å²) >= 11 is 0. The summed E-state index contributed by atoms with van der Waals surface area (Å²) in [7, 11) is -1.79. The van der Waals surface area contributed by atoms with Crippen LogP contribution >= 0.6 is 0 Å². The molecule has 3 aromatic rings. The minimum Gasteiger partial charge on any atom is -0.508 e. The number of piperazine rings is 1. The monoisotopic (exact) mass is 618 g/mol. The van der Waals surface area contributed by atoms with Gasteiger partial charge in [0.25, 0.3) is 0 Å². The molecule has 0 aliphatic carbocycles. The highest BCUT2D eigenvalue weighted by Gasteiger charge is 2.49. The summed E-state index contributed by atoms with van der Waals surface area (Å²) in [5.41, 5.74) is 0.826. The first-order chi connectivity index (χ1) is 21.3. The van der Waals surface area contributed by atoms with Crippen molar-refractivity contribution < 1.29 is 22.8 Å². The number of alkyl halides is 1. The molecule has 6 heterocycles. The third-order valence-electron chi connectivity index (χ3n) is 9.76. The molecule has 4 unspecified atom stereocenters. The summed E-state index contributed by atoms with van der Waals surface area (Å²) in [6.45, 7) is 2.93. The minimum absolute atomic E-state index is 0.0450. The number of rotatable bonds is 5. The van der Waals surface area contributed by atoms with Crippen LogP contribution < -0.4 is 19.7 Å². The maximum Gasteiger partial charge on any atom is 0.319 e. The van der Waals surface area contributed by atoms with Gasteiger partial charge in [0.2, 0.25) is 0 Å². The Morgan fingerprint density at radius 2 is 2.02 bits per heavy atom. The maximum absolute atomic E-state index is 14.8. The van der Waals surface area contributed by atoms with Gasteiger partial charge >= 0.3 is 6.01 Å². The molecule has 2 aromatic carbocycles. The number of terminal acetylenes is 1. The Bertz CT molecular complexity index is 1780. The zero-order chi connectivity index (χ0) is 30.2. The van der Waals surface area contributed by atoms with Crippen molar-refractivity contribution >= 4 is 39.3 Å². The summed E-state index contributed by atoms with van der Waals surface area (Å²) in [4.78, 5) is 14.3. The molecule has 5 aliphatic rings. The van der Waals surface area contributed by atoms with Crippen molar-refractivity contribution in [2.75, 3.05) is 37.7 Å². The second-order valence-corrected chi connectivity index (χ2v) is 13.7. The van der Waals surface area contributed by atoms with Gasteiger partial charge in [-0.05, 0) is 61.9 Å². The number of halogens is 2. The number of nitrogens with zero attached hydrogens (tertiary/aromatic N) is 4. The van der Waals surface area contributed by atoms with E-state index in [1.807, 2.05) is 0 Å². The van der Waals surface area contributed by atoms with Crippen LogP contribution in [0.3, 0.4) is 0 Å². The Kier molecular flexibility index (Phi) is 6.55. The van der Waals surface area contributed by atoms with Crippen LogP contribution in [0.4, 0.5) is 14.6 Å². The predicted octanol–water partition coefficient (Wildman–Crippen LogP) is 3.48. The molecule has 228 valence electrons. The van der Waals surface area contributed by atoms with Crippen molar-refractivity contribution in [1.82, 2.24) is 24.9 Å². The highest BCUT2D eigenvalue weighted by molar-refractivity contribution is 7.83. The summed E-state index contributed by atoms with van der Waals surface area (Å²) in [6, 6.07) is 6.54. The first-order valence-corrected chi connectivity index (χ1v) is 16.2. The molecule has 0 saturated carbocycles. The van der Waals surface area contributed by atoms with E-state index in [4.69, 9.17) is 21.1 Å². The molecule has 4 saturated heterocycles. The zero-order valence-electron chi connectivity index (χ0n) is 24.0. The van der Waals surface area contributed by atoms with Crippen LogP contribution in [-0.4, -0.2) is 80.8 Å². The Morgan fingerprint density at radius 3 is 2.82 bits per heavy atom. The van der Waals surface area contributed by atoms with Crippen LogP contribution in [0.25, 0.3) is 22.5 Å². The van der Waals surface area contributed by atoms with Crippen molar-refractivity contribution in [1.29, 1.82) is 0 Å². The zero-order valence-corrected chi connectivity index (χ0v) is 24.8. The van der Waals surface area contributed by atoms with E-state index in [9.17, 15) is 18.1 Å². The highest BCUT2D eigenvalue weighted by Crippen LogP contribution is 2.42. The molecule has 0 spiro atoms. The lowest BCUT2D eigenvalue weighted by Crippen LogP contribution is -2.52. The minimum atomic E-state index is -1.79. The lowest BCUT2D eigenvalue weighted by molar-refractivity contribution is 0.107. The molecule has 0 amide bonds. The smallest absolute Gasteiger partial charge is 0.319 e. The Balaban J connectivity index is 1.24. The van der Waals surface area contributed by atoms with Crippen molar-refractivity contribution in [3.05, 3.63) is 46.9 Å². The molecule has 12 heteroatoms. The van der Waals surface area contributed by atoms with Crippen molar-refractivity contribution in [2.24, 2.45) is 0 Å². The van der Waals surface area contributed by atoms with Crippen LogP contribution in [0.15, 0.2) is 29.2 Å². The average Bonchev–Trinajstić information content (AvgIpc) is 3.65. The largest absolute Gasteiger partial charge is 0.508 e. The van der Waals surface area contributed by atoms with Crippen LogP contribution in [0, 0.1) is 18.2 Å². The van der Waals surface area contributed by atoms with Gasteiger partial charge in [0.05, 0.1) is 22.5 Å². The molecule has 0 radical (unpaired) electrons. The van der Waals surface area contributed by atoms with Gasteiger partial charge in [0, 0.05) is 49.1 Å². The van der Waals surface area contributed by atoms with Crippen LogP contribution in [-0.2, 0) is 11.0 Å². The second-order valence-electron chi connectivity index (χ2n) is 12.5. The van der Waals surface area contributed by atoms with Gasteiger partial charge in [-0.15, -0.1) is 6.42 Å². The Hall–Kier alpha value is -3.79. The first-order valence-electron chi connectivity index (χ1n) is 15.1. The third-order valence-corrected chi connectivity index (χ3v) is 10.9. The molecule has 9 nitrogen and oxygen atoms in total. The van der Waals surface area contributed by atoms with E-state index >= 15 is 0 Å². The third kappa shape index (κ3) is 4.52. The molecular weight excluding hydrogens is 586 g/mol. The quantitative estimate of drug-likeness (QED) is 0.374. The fourth-order valence-corrected chi connectivity index (χ4v) is 8.94. The number of phenols is 1. The number of benzene rings is 2. The molecule has 4 fully saturated rings. The number of ether oxygens (including phenoxy) is 1. The van der Waals surface area contributed by atoms with Crippen LogP contribution in [0.1, 0.15) is 48.9 Å². The van der Waals surface area contributed by atoms with E-state index < -0.39 is 23.0 Å². The number of nitrogens with one attached hydrogen (secondary N) is 2. The molecule has 5 aliphatic heterocycles. The standard InChI is InChI=1S/C32H32F2N6O3S/c1-2-23-25(34)7-4-18-10-22(41)11-24(28(18)23)26-12-27-29(44(42)38-26)30(39-15-20-5-6-21(16-39)35-20)37-31(36-27)43-17-32-8-3-9-40(32)14-19(33)13-32/h1,4,7,10-12,19-21,35,38,41H,3,5-6,8-9,13-17H2/t19-,20?,21?,32?,44?/m1/s1. The van der Waals surface area contributed by atoms with Gasteiger partial charge in [-0.1, -0.05) is 12.0 Å². The number of aromatic hydroxyl groups is 1. The lowest BCUT2D eigenvalue weighted by Gasteiger charge is -2.35. The van der Waals surface area contributed by atoms with E-state index in [1.54, 1.807) is 12.1 Å². The average molecular weight is 619 g/mol. The summed E-state index contributed by atoms with van der Waals surface area (Å²) < 4.78 is 52.6. The summed E-state index contributed by atoms with van der Waals surface area (Å²) in [5.74, 6) is 2.35. The number of phenolic OH excluding ortho intramolecular Hbond substituents is 1.